The lowest BCUT2D eigenvalue weighted by Crippen LogP contribution is -2.30. The van der Waals surface area contributed by atoms with E-state index >= 15 is 0 Å². The van der Waals surface area contributed by atoms with Gasteiger partial charge in [-0.15, -0.1) is 0 Å². The molecule has 0 aromatic rings. The summed E-state index contributed by atoms with van der Waals surface area (Å²) in [5.41, 5.74) is 0. The fourth-order valence-corrected chi connectivity index (χ4v) is 4.59. The van der Waals surface area contributed by atoms with Crippen LogP contribution in [0.3, 0.4) is 0 Å². The molecule has 1 unspecified atom stereocenters. The quantitative estimate of drug-likeness (QED) is 0.0218. The van der Waals surface area contributed by atoms with Gasteiger partial charge in [0, 0.05) is 12.8 Å². The molecule has 1 atom stereocenters. The number of carbonyl (C=O) groups is 3. The third-order valence-electron chi connectivity index (χ3n) is 7.58. The van der Waals surface area contributed by atoms with Crippen LogP contribution in [-0.4, -0.2) is 37.2 Å². The molecule has 0 N–H and O–H groups in total. The van der Waals surface area contributed by atoms with Gasteiger partial charge in [0.05, 0.1) is 6.42 Å². The van der Waals surface area contributed by atoms with Crippen molar-refractivity contribution >= 4 is 17.9 Å². The lowest BCUT2D eigenvalue weighted by molar-refractivity contribution is -0.166. The highest BCUT2D eigenvalue weighted by atomic mass is 16.6. The Hall–Kier alpha value is -4.71. The minimum atomic E-state index is -0.855. The predicted molar refractivity (Wildman–Crippen MR) is 232 cm³/mol. The van der Waals surface area contributed by atoms with Crippen LogP contribution >= 0.6 is 0 Å². The summed E-state index contributed by atoms with van der Waals surface area (Å²) in [6, 6.07) is 0. The van der Waals surface area contributed by atoms with Gasteiger partial charge in [-0.05, 0) is 70.6 Å². The number of esters is 3. The third-order valence-corrected chi connectivity index (χ3v) is 7.58. The number of rotatable bonds is 33. The summed E-state index contributed by atoms with van der Waals surface area (Å²) in [6.45, 7) is 6.00. The van der Waals surface area contributed by atoms with Gasteiger partial charge in [0.2, 0.25) is 0 Å². The molecule has 0 spiro atoms. The van der Waals surface area contributed by atoms with Crippen molar-refractivity contribution in [2.24, 2.45) is 0 Å². The van der Waals surface area contributed by atoms with Crippen molar-refractivity contribution in [1.29, 1.82) is 0 Å². The standard InChI is InChI=1S/C49H70O6/c1-4-7-10-13-16-19-21-23-24-26-27-30-33-36-39-42-48(51)54-45-46(44-53-47(50)41-38-35-32-29-18-15-12-9-6-3)55-49(52)43-40-37-34-31-28-25-22-20-17-14-11-8-5-2/h7-14,16-29,35,38,46H,4-6,15,30-34,36-37,39-45H2,1-3H3/b10-7-,11-8-,12-9-,16-13-,17-14-,21-19-,22-20-,24-23-,27-26-,28-25-,29-18-,38-35-. The SMILES string of the molecule is CC\C=C/C=C\C=C/C=C\C=C/CCCCCC(=O)OCC(COC(=O)C/C=C\C/C=C\C/C=C\CC)OC(=O)CCCCC\C=C/C=C\C=C/C=C\CC. The van der Waals surface area contributed by atoms with Crippen LogP contribution in [0.2, 0.25) is 0 Å². The molecule has 0 aromatic carbocycles. The van der Waals surface area contributed by atoms with E-state index in [1.54, 1.807) is 6.08 Å². The van der Waals surface area contributed by atoms with Crippen LogP contribution in [0.4, 0.5) is 0 Å². The largest absolute Gasteiger partial charge is 0.462 e. The van der Waals surface area contributed by atoms with Crippen molar-refractivity contribution in [2.75, 3.05) is 13.2 Å². The zero-order valence-electron chi connectivity index (χ0n) is 34.1. The molecule has 0 amide bonds. The van der Waals surface area contributed by atoms with E-state index in [1.165, 1.54) is 0 Å². The summed E-state index contributed by atoms with van der Waals surface area (Å²) in [7, 11) is 0. The molecule has 55 heavy (non-hydrogen) atoms. The Morgan fingerprint density at radius 3 is 1.29 bits per heavy atom. The Bertz CT molecular complexity index is 1330. The maximum absolute atomic E-state index is 12.7. The maximum Gasteiger partial charge on any atom is 0.309 e. The van der Waals surface area contributed by atoms with Crippen LogP contribution in [0.5, 0.6) is 0 Å². The molecule has 0 saturated heterocycles. The summed E-state index contributed by atoms with van der Waals surface area (Å²) in [5, 5.41) is 0. The third kappa shape index (κ3) is 40.3. The lowest BCUT2D eigenvalue weighted by Gasteiger charge is -2.18. The Labute approximate surface area is 334 Å². The number of ether oxygens (including phenoxy) is 3. The molecule has 0 radical (unpaired) electrons. The van der Waals surface area contributed by atoms with Gasteiger partial charge in [-0.2, -0.15) is 0 Å². The zero-order valence-corrected chi connectivity index (χ0v) is 34.1. The van der Waals surface area contributed by atoms with Crippen molar-refractivity contribution in [3.63, 3.8) is 0 Å². The van der Waals surface area contributed by atoms with Gasteiger partial charge < -0.3 is 14.2 Å². The fraction of sp³-hybridized carbons (Fsp3) is 0.449. The van der Waals surface area contributed by atoms with Crippen LogP contribution in [0.15, 0.2) is 146 Å². The van der Waals surface area contributed by atoms with E-state index in [9.17, 15) is 14.4 Å². The molecule has 0 fully saturated rings. The van der Waals surface area contributed by atoms with Gasteiger partial charge >= 0.3 is 17.9 Å². The zero-order chi connectivity index (χ0) is 40.1. The van der Waals surface area contributed by atoms with Gasteiger partial charge in [-0.3, -0.25) is 14.4 Å². The molecular weight excluding hydrogens is 685 g/mol. The second-order valence-electron chi connectivity index (χ2n) is 12.6. The van der Waals surface area contributed by atoms with Crippen LogP contribution in [0.1, 0.15) is 124 Å². The molecule has 302 valence electrons. The van der Waals surface area contributed by atoms with Crippen LogP contribution < -0.4 is 0 Å². The van der Waals surface area contributed by atoms with Crippen LogP contribution in [-0.2, 0) is 28.6 Å². The first-order valence-electron chi connectivity index (χ1n) is 20.5. The summed E-state index contributed by atoms with van der Waals surface area (Å²) in [6.07, 6.45) is 60.1. The smallest absolute Gasteiger partial charge is 0.309 e. The Balaban J connectivity index is 4.65. The van der Waals surface area contributed by atoms with E-state index in [0.29, 0.717) is 12.8 Å². The average molecular weight is 755 g/mol. The van der Waals surface area contributed by atoms with Crippen molar-refractivity contribution in [1.82, 2.24) is 0 Å². The molecule has 0 aromatic heterocycles. The first-order valence-corrected chi connectivity index (χ1v) is 20.5. The average Bonchev–Trinajstić information content (AvgIpc) is 3.18. The molecule has 6 nitrogen and oxygen atoms in total. The topological polar surface area (TPSA) is 78.9 Å². The molecule has 0 aliphatic carbocycles. The number of unbranched alkanes of at least 4 members (excludes halogenated alkanes) is 6. The second-order valence-corrected chi connectivity index (χ2v) is 12.6. The van der Waals surface area contributed by atoms with Crippen LogP contribution in [0, 0.1) is 0 Å². The van der Waals surface area contributed by atoms with Crippen molar-refractivity contribution in [2.45, 2.75) is 130 Å². The molecule has 0 bridgehead atoms. The summed E-state index contributed by atoms with van der Waals surface area (Å²) in [4.78, 5) is 37.5. The number of allylic oxidation sites excluding steroid dienone is 23. The Kier molecular flexibility index (Phi) is 38.4. The molecule has 0 aliphatic heterocycles. The van der Waals surface area contributed by atoms with Crippen LogP contribution in [0.25, 0.3) is 0 Å². The fourth-order valence-electron chi connectivity index (χ4n) is 4.59. The minimum Gasteiger partial charge on any atom is -0.462 e. The first kappa shape index (κ1) is 50.3. The van der Waals surface area contributed by atoms with Gasteiger partial charge in [-0.25, -0.2) is 0 Å². The van der Waals surface area contributed by atoms with E-state index in [2.05, 4.69) is 69.4 Å². The molecule has 0 saturated carbocycles. The molecule has 0 rings (SSSR count). The van der Waals surface area contributed by atoms with E-state index in [4.69, 9.17) is 14.2 Å². The van der Waals surface area contributed by atoms with E-state index < -0.39 is 18.0 Å². The van der Waals surface area contributed by atoms with Gasteiger partial charge in [0.25, 0.3) is 0 Å². The predicted octanol–water partition coefficient (Wildman–Crippen LogP) is 13.0. The van der Waals surface area contributed by atoms with Gasteiger partial charge in [0.1, 0.15) is 13.2 Å². The molecule has 6 heteroatoms. The summed E-state index contributed by atoms with van der Waals surface area (Å²) >= 11 is 0. The molecular formula is C49H70O6. The summed E-state index contributed by atoms with van der Waals surface area (Å²) < 4.78 is 16.4. The van der Waals surface area contributed by atoms with E-state index in [0.717, 1.165) is 70.6 Å². The number of hydrogen-bond donors (Lipinski definition) is 0. The Morgan fingerprint density at radius 1 is 0.400 bits per heavy atom. The second kappa shape index (κ2) is 42.0. The first-order chi connectivity index (χ1) is 27.0. The van der Waals surface area contributed by atoms with Crippen molar-refractivity contribution < 1.29 is 28.6 Å². The highest BCUT2D eigenvalue weighted by molar-refractivity contribution is 5.72. The number of carbonyl (C=O) groups excluding carboxylic acids is 3. The van der Waals surface area contributed by atoms with Crippen molar-refractivity contribution in [3.8, 4) is 0 Å². The highest BCUT2D eigenvalue weighted by Gasteiger charge is 2.19. The molecule has 0 heterocycles. The Morgan fingerprint density at radius 2 is 0.800 bits per heavy atom. The lowest BCUT2D eigenvalue weighted by atomic mass is 10.1. The monoisotopic (exact) mass is 755 g/mol. The maximum atomic E-state index is 12.7. The summed E-state index contributed by atoms with van der Waals surface area (Å²) in [5.74, 6) is -1.18. The normalized spacial score (nSPS) is 13.6. The van der Waals surface area contributed by atoms with Gasteiger partial charge in [-0.1, -0.05) is 179 Å². The van der Waals surface area contributed by atoms with E-state index in [-0.39, 0.29) is 38.4 Å². The number of hydrogen-bond acceptors (Lipinski definition) is 6. The molecule has 0 aliphatic rings. The van der Waals surface area contributed by atoms with Crippen molar-refractivity contribution in [3.05, 3.63) is 146 Å². The van der Waals surface area contributed by atoms with Gasteiger partial charge in [0.15, 0.2) is 6.10 Å². The highest BCUT2D eigenvalue weighted by Crippen LogP contribution is 2.09. The minimum absolute atomic E-state index is 0.110. The van der Waals surface area contributed by atoms with E-state index in [1.807, 2.05) is 91.1 Å².